The first kappa shape index (κ1) is 18.7. The van der Waals surface area contributed by atoms with Crippen LogP contribution in [0, 0.1) is 5.41 Å². The minimum atomic E-state index is -0.804. The number of rotatable bonds is 2. The molecule has 1 aliphatic carbocycles. The van der Waals surface area contributed by atoms with E-state index in [1.54, 1.807) is 12.1 Å². The largest absolute Gasteiger partial charge is 0.465 e. The predicted octanol–water partition coefficient (Wildman–Crippen LogP) is 3.17. The molecule has 7 nitrogen and oxygen atoms in total. The maximum Gasteiger partial charge on any atom is 0.340 e. The van der Waals surface area contributed by atoms with Gasteiger partial charge in [0, 0.05) is 29.5 Å². The number of fused-ring (bicyclic) bond motifs is 1. The molecule has 0 saturated carbocycles. The van der Waals surface area contributed by atoms with Crippen LogP contribution in [-0.2, 0) is 19.1 Å². The maximum atomic E-state index is 13.1. The van der Waals surface area contributed by atoms with Gasteiger partial charge in [0.25, 0.3) is 0 Å². The second-order valence-electron chi connectivity index (χ2n) is 7.81. The number of Topliss-reactive ketones (excluding diaryl/α,β-unsaturated/α-hetero) is 1. The van der Waals surface area contributed by atoms with E-state index in [9.17, 15) is 9.59 Å². The second kappa shape index (κ2) is 6.44. The summed E-state index contributed by atoms with van der Waals surface area (Å²) in [5, 5.41) is 0.329. The number of allylic oxidation sites excluding steroid dienone is 2. The zero-order valence-electron chi connectivity index (χ0n) is 15.8. The number of esters is 1. The van der Waals surface area contributed by atoms with Crippen LogP contribution in [0.1, 0.15) is 38.2 Å². The fourth-order valence-electron chi connectivity index (χ4n) is 3.96. The van der Waals surface area contributed by atoms with Crippen molar-refractivity contribution < 1.29 is 28.5 Å². The summed E-state index contributed by atoms with van der Waals surface area (Å²) < 4.78 is 21.5. The number of benzene rings is 1. The number of ketones is 1. The second-order valence-corrected chi connectivity index (χ2v) is 8.22. The standard InChI is InChI=1S/C20H20ClNO6/c1-20(2)6-11(23)16-14(7-20)28-18(22)17(19(24)25-3)15(16)9-4-12-13(5-10(9)21)27-8-26-12/h4-5,15H,6-8,22H2,1-3H3/t15-/m1/s1. The highest BCUT2D eigenvalue weighted by molar-refractivity contribution is 6.32. The molecule has 3 aliphatic rings. The number of carbonyl (C=O) groups is 2. The van der Waals surface area contributed by atoms with E-state index in [4.69, 9.17) is 36.3 Å². The third kappa shape index (κ3) is 2.90. The van der Waals surface area contributed by atoms with Gasteiger partial charge in [-0.15, -0.1) is 0 Å². The fraction of sp³-hybridized carbons (Fsp3) is 0.400. The van der Waals surface area contributed by atoms with Gasteiger partial charge in [-0.25, -0.2) is 4.79 Å². The van der Waals surface area contributed by atoms with Gasteiger partial charge in [0.05, 0.1) is 13.0 Å². The Balaban J connectivity index is 1.94. The van der Waals surface area contributed by atoms with Crippen LogP contribution in [0.4, 0.5) is 0 Å². The van der Waals surface area contributed by atoms with Crippen LogP contribution in [0.3, 0.4) is 0 Å². The van der Waals surface area contributed by atoms with Crippen molar-refractivity contribution in [3.63, 3.8) is 0 Å². The Morgan fingerprint density at radius 1 is 1.25 bits per heavy atom. The molecule has 1 atom stereocenters. The van der Waals surface area contributed by atoms with Gasteiger partial charge in [-0.3, -0.25) is 4.79 Å². The molecule has 0 aromatic heterocycles. The van der Waals surface area contributed by atoms with E-state index in [0.717, 1.165) is 0 Å². The Labute approximate surface area is 167 Å². The number of hydrogen-bond donors (Lipinski definition) is 1. The first-order valence-corrected chi connectivity index (χ1v) is 9.21. The zero-order valence-corrected chi connectivity index (χ0v) is 16.5. The first-order chi connectivity index (χ1) is 13.2. The van der Waals surface area contributed by atoms with Gasteiger partial charge in [0.2, 0.25) is 12.7 Å². The van der Waals surface area contributed by atoms with Crippen LogP contribution in [0.25, 0.3) is 0 Å². The van der Waals surface area contributed by atoms with Crippen molar-refractivity contribution in [2.24, 2.45) is 11.1 Å². The van der Waals surface area contributed by atoms with Gasteiger partial charge in [-0.05, 0) is 17.0 Å². The van der Waals surface area contributed by atoms with Gasteiger partial charge < -0.3 is 24.7 Å². The Kier molecular flexibility index (Phi) is 4.30. The number of ether oxygens (including phenoxy) is 4. The van der Waals surface area contributed by atoms with E-state index in [1.807, 2.05) is 13.8 Å². The quantitative estimate of drug-likeness (QED) is 0.754. The number of halogens is 1. The lowest BCUT2D eigenvalue weighted by Gasteiger charge is -2.38. The van der Waals surface area contributed by atoms with Gasteiger partial charge in [-0.1, -0.05) is 25.4 Å². The maximum absolute atomic E-state index is 13.1. The number of methoxy groups -OCH3 is 1. The average molecular weight is 406 g/mol. The first-order valence-electron chi connectivity index (χ1n) is 8.83. The molecule has 2 aliphatic heterocycles. The molecule has 2 heterocycles. The molecule has 0 fully saturated rings. The monoisotopic (exact) mass is 405 g/mol. The molecule has 0 unspecified atom stereocenters. The third-order valence-corrected chi connectivity index (χ3v) is 5.49. The van der Waals surface area contributed by atoms with Crippen LogP contribution >= 0.6 is 11.6 Å². The van der Waals surface area contributed by atoms with E-state index in [0.29, 0.717) is 46.3 Å². The van der Waals surface area contributed by atoms with Gasteiger partial charge in [-0.2, -0.15) is 0 Å². The topological polar surface area (TPSA) is 97.1 Å². The molecule has 2 N–H and O–H groups in total. The van der Waals surface area contributed by atoms with Crippen LogP contribution in [0.5, 0.6) is 11.5 Å². The Morgan fingerprint density at radius 2 is 1.93 bits per heavy atom. The van der Waals surface area contributed by atoms with Gasteiger partial charge >= 0.3 is 5.97 Å². The third-order valence-electron chi connectivity index (χ3n) is 5.16. The summed E-state index contributed by atoms with van der Waals surface area (Å²) in [5.74, 6) is -0.233. The van der Waals surface area contributed by atoms with Crippen molar-refractivity contribution in [2.75, 3.05) is 13.9 Å². The normalized spacial score (nSPS) is 22.7. The van der Waals surface area contributed by atoms with Crippen molar-refractivity contribution in [1.82, 2.24) is 0 Å². The SMILES string of the molecule is COC(=O)C1=C(N)OC2=C(C(=O)CC(C)(C)C2)[C@H]1c1cc2c(cc1Cl)OCO2. The smallest absolute Gasteiger partial charge is 0.340 e. The van der Waals surface area contributed by atoms with Crippen LogP contribution in [-0.4, -0.2) is 25.7 Å². The van der Waals surface area contributed by atoms with Crippen molar-refractivity contribution in [2.45, 2.75) is 32.6 Å². The number of nitrogens with two attached hydrogens (primary N) is 1. The fourth-order valence-corrected chi connectivity index (χ4v) is 4.22. The van der Waals surface area contributed by atoms with Crippen molar-refractivity contribution in [3.05, 3.63) is 45.5 Å². The highest BCUT2D eigenvalue weighted by atomic mass is 35.5. The lowest BCUT2D eigenvalue weighted by molar-refractivity contribution is -0.136. The molecular weight excluding hydrogens is 386 g/mol. The lowest BCUT2D eigenvalue weighted by Crippen LogP contribution is -2.35. The molecule has 0 spiro atoms. The summed E-state index contributed by atoms with van der Waals surface area (Å²) in [6.45, 7) is 4.04. The highest BCUT2D eigenvalue weighted by Crippen LogP contribution is 2.51. The molecule has 148 valence electrons. The van der Waals surface area contributed by atoms with Crippen molar-refractivity contribution >= 4 is 23.4 Å². The summed E-state index contributed by atoms with van der Waals surface area (Å²) in [5.41, 5.74) is 6.77. The summed E-state index contributed by atoms with van der Waals surface area (Å²) in [6.07, 6.45) is 0.837. The molecule has 0 amide bonds. The molecular formula is C20H20ClNO6. The van der Waals surface area contributed by atoms with E-state index in [-0.39, 0.29) is 29.4 Å². The van der Waals surface area contributed by atoms with Gasteiger partial charge in [0.15, 0.2) is 17.3 Å². The molecule has 0 bridgehead atoms. The summed E-state index contributed by atoms with van der Waals surface area (Å²) in [6, 6.07) is 3.28. The Hall–Kier alpha value is -2.67. The summed E-state index contributed by atoms with van der Waals surface area (Å²) >= 11 is 6.51. The minimum Gasteiger partial charge on any atom is -0.465 e. The highest BCUT2D eigenvalue weighted by Gasteiger charge is 2.45. The summed E-state index contributed by atoms with van der Waals surface area (Å²) in [4.78, 5) is 25.6. The van der Waals surface area contributed by atoms with Crippen LogP contribution in [0.2, 0.25) is 5.02 Å². The van der Waals surface area contributed by atoms with Crippen molar-refractivity contribution in [3.8, 4) is 11.5 Å². The molecule has 28 heavy (non-hydrogen) atoms. The Morgan fingerprint density at radius 3 is 2.61 bits per heavy atom. The zero-order chi connectivity index (χ0) is 20.2. The molecule has 1 aromatic carbocycles. The molecule has 0 saturated heterocycles. The lowest BCUT2D eigenvalue weighted by atomic mass is 9.70. The molecule has 4 rings (SSSR count). The number of hydrogen-bond acceptors (Lipinski definition) is 7. The van der Waals surface area contributed by atoms with E-state index in [2.05, 4.69) is 0 Å². The van der Waals surface area contributed by atoms with Crippen molar-refractivity contribution in [1.29, 1.82) is 0 Å². The van der Waals surface area contributed by atoms with Crippen LogP contribution in [0.15, 0.2) is 34.9 Å². The van der Waals surface area contributed by atoms with Gasteiger partial charge in [0.1, 0.15) is 11.3 Å². The Bertz CT molecular complexity index is 962. The predicted molar refractivity (Wildman–Crippen MR) is 99.7 cm³/mol. The van der Waals surface area contributed by atoms with Crippen LogP contribution < -0.4 is 15.2 Å². The minimum absolute atomic E-state index is 0.0510. The molecule has 0 radical (unpaired) electrons. The van der Waals surface area contributed by atoms with E-state index < -0.39 is 11.9 Å². The number of carbonyl (C=O) groups excluding carboxylic acids is 2. The molecule has 1 aromatic rings. The average Bonchev–Trinajstić information content (AvgIpc) is 3.05. The summed E-state index contributed by atoms with van der Waals surface area (Å²) in [7, 11) is 1.25. The van der Waals surface area contributed by atoms with E-state index in [1.165, 1.54) is 7.11 Å². The molecule has 8 heteroatoms. The van der Waals surface area contributed by atoms with E-state index >= 15 is 0 Å².